The van der Waals surface area contributed by atoms with Gasteiger partial charge in [-0.2, -0.15) is 0 Å². The Balaban J connectivity index is 2.04. The lowest BCUT2D eigenvalue weighted by Gasteiger charge is -2.07. The van der Waals surface area contributed by atoms with Crippen LogP contribution in [0.25, 0.3) is 0 Å². The summed E-state index contributed by atoms with van der Waals surface area (Å²) in [6.07, 6.45) is 1.68. The van der Waals surface area contributed by atoms with E-state index in [-0.39, 0.29) is 0 Å². The van der Waals surface area contributed by atoms with Crippen molar-refractivity contribution in [2.24, 2.45) is 0 Å². The zero-order chi connectivity index (χ0) is 12.3. The standard InChI is InChI=1S/C12H9Cl3N2/c13-9-3-8(4-10(14)5-9)6-16-11-1-2-12(15)17-7-11/h1-5,7,16H,6H2. The molecule has 0 aliphatic carbocycles. The van der Waals surface area contributed by atoms with Gasteiger partial charge in [0.15, 0.2) is 0 Å². The molecule has 0 atom stereocenters. The highest BCUT2D eigenvalue weighted by Gasteiger charge is 1.99. The second-order valence-corrected chi connectivity index (χ2v) is 4.76. The maximum absolute atomic E-state index is 5.91. The van der Waals surface area contributed by atoms with E-state index in [4.69, 9.17) is 34.8 Å². The summed E-state index contributed by atoms with van der Waals surface area (Å²) in [6, 6.07) is 9.03. The van der Waals surface area contributed by atoms with E-state index in [2.05, 4.69) is 10.3 Å². The summed E-state index contributed by atoms with van der Waals surface area (Å²) in [7, 11) is 0. The van der Waals surface area contributed by atoms with E-state index in [1.807, 2.05) is 18.2 Å². The summed E-state index contributed by atoms with van der Waals surface area (Å²) < 4.78 is 0. The topological polar surface area (TPSA) is 24.9 Å². The third kappa shape index (κ3) is 3.77. The van der Waals surface area contributed by atoms with Crippen LogP contribution in [0.1, 0.15) is 5.56 Å². The molecule has 1 aromatic heterocycles. The monoisotopic (exact) mass is 286 g/mol. The number of benzene rings is 1. The van der Waals surface area contributed by atoms with Crippen LogP contribution in [-0.2, 0) is 6.54 Å². The summed E-state index contributed by atoms with van der Waals surface area (Å²) >= 11 is 17.5. The van der Waals surface area contributed by atoms with E-state index in [1.54, 1.807) is 18.3 Å². The fourth-order valence-corrected chi connectivity index (χ4v) is 2.08. The Morgan fingerprint density at radius 3 is 2.29 bits per heavy atom. The highest BCUT2D eigenvalue weighted by atomic mass is 35.5. The van der Waals surface area contributed by atoms with Crippen molar-refractivity contribution < 1.29 is 0 Å². The van der Waals surface area contributed by atoms with E-state index < -0.39 is 0 Å². The number of pyridine rings is 1. The number of nitrogens with zero attached hydrogens (tertiary/aromatic N) is 1. The predicted molar refractivity (Wildman–Crippen MR) is 73.0 cm³/mol. The van der Waals surface area contributed by atoms with E-state index in [1.165, 1.54) is 0 Å². The van der Waals surface area contributed by atoms with Crippen LogP contribution in [-0.4, -0.2) is 4.98 Å². The molecule has 5 heteroatoms. The molecule has 2 nitrogen and oxygen atoms in total. The average Bonchev–Trinajstić information content (AvgIpc) is 2.27. The first-order chi connectivity index (χ1) is 8.13. The van der Waals surface area contributed by atoms with Crippen LogP contribution in [0.15, 0.2) is 36.5 Å². The van der Waals surface area contributed by atoms with Gasteiger partial charge in [-0.15, -0.1) is 0 Å². The Bertz CT molecular complexity index is 491. The van der Waals surface area contributed by atoms with E-state index in [0.717, 1.165) is 11.3 Å². The molecule has 0 aliphatic rings. The largest absolute Gasteiger partial charge is 0.380 e. The zero-order valence-corrected chi connectivity index (χ0v) is 11.0. The quantitative estimate of drug-likeness (QED) is 0.831. The second-order valence-electron chi connectivity index (χ2n) is 3.50. The lowest BCUT2D eigenvalue weighted by atomic mass is 10.2. The van der Waals surface area contributed by atoms with Gasteiger partial charge in [-0.05, 0) is 35.9 Å². The van der Waals surface area contributed by atoms with Gasteiger partial charge in [0.2, 0.25) is 0 Å². The molecule has 0 radical (unpaired) electrons. The SMILES string of the molecule is Clc1cc(Cl)cc(CNc2ccc(Cl)nc2)c1. The van der Waals surface area contributed by atoms with Gasteiger partial charge in [-0.1, -0.05) is 34.8 Å². The van der Waals surface area contributed by atoms with E-state index in [9.17, 15) is 0 Å². The Hall–Kier alpha value is -0.960. The molecule has 0 fully saturated rings. The summed E-state index contributed by atoms with van der Waals surface area (Å²) in [6.45, 7) is 0.629. The summed E-state index contributed by atoms with van der Waals surface area (Å²) in [5.41, 5.74) is 1.91. The van der Waals surface area contributed by atoms with Crippen LogP contribution in [0.2, 0.25) is 15.2 Å². The smallest absolute Gasteiger partial charge is 0.129 e. The van der Waals surface area contributed by atoms with Crippen molar-refractivity contribution in [2.75, 3.05) is 5.32 Å². The fourth-order valence-electron chi connectivity index (χ4n) is 1.40. The van der Waals surface area contributed by atoms with Crippen molar-refractivity contribution in [1.29, 1.82) is 0 Å². The Morgan fingerprint density at radius 2 is 1.71 bits per heavy atom. The summed E-state index contributed by atoms with van der Waals surface area (Å²) in [5.74, 6) is 0. The van der Waals surface area contributed by atoms with E-state index >= 15 is 0 Å². The van der Waals surface area contributed by atoms with Crippen LogP contribution in [0, 0.1) is 0 Å². The van der Waals surface area contributed by atoms with E-state index in [0.29, 0.717) is 21.7 Å². The molecule has 0 saturated carbocycles. The second kappa shape index (κ2) is 5.58. The highest BCUT2D eigenvalue weighted by Crippen LogP contribution is 2.20. The molecule has 0 unspecified atom stereocenters. The molecular weight excluding hydrogens is 279 g/mol. The van der Waals surface area contributed by atoms with Crippen LogP contribution < -0.4 is 5.32 Å². The molecule has 1 N–H and O–H groups in total. The molecule has 0 amide bonds. The number of rotatable bonds is 3. The van der Waals surface area contributed by atoms with Gasteiger partial charge < -0.3 is 5.32 Å². The van der Waals surface area contributed by atoms with Crippen LogP contribution in [0.4, 0.5) is 5.69 Å². The molecule has 0 spiro atoms. The number of aromatic nitrogens is 1. The Labute approximate surface area is 115 Å². The number of hydrogen-bond donors (Lipinski definition) is 1. The minimum atomic E-state index is 0.473. The first kappa shape index (κ1) is 12.5. The van der Waals surface area contributed by atoms with Crippen molar-refractivity contribution in [1.82, 2.24) is 4.98 Å². The molecule has 1 aromatic carbocycles. The molecule has 17 heavy (non-hydrogen) atoms. The minimum Gasteiger partial charge on any atom is -0.380 e. The van der Waals surface area contributed by atoms with Gasteiger partial charge in [0.05, 0.1) is 11.9 Å². The third-order valence-corrected chi connectivity index (χ3v) is 2.81. The zero-order valence-electron chi connectivity index (χ0n) is 8.75. The molecule has 88 valence electrons. The summed E-state index contributed by atoms with van der Waals surface area (Å²) in [4.78, 5) is 3.98. The van der Waals surface area contributed by atoms with Crippen LogP contribution >= 0.6 is 34.8 Å². The van der Waals surface area contributed by atoms with Gasteiger partial charge in [-0.3, -0.25) is 0 Å². The van der Waals surface area contributed by atoms with Crippen molar-refractivity contribution in [2.45, 2.75) is 6.54 Å². The molecule has 0 aliphatic heterocycles. The van der Waals surface area contributed by atoms with Crippen molar-refractivity contribution in [3.8, 4) is 0 Å². The summed E-state index contributed by atoms with van der Waals surface area (Å²) in [5, 5.41) is 4.93. The van der Waals surface area contributed by atoms with Gasteiger partial charge in [-0.25, -0.2) is 4.98 Å². The van der Waals surface area contributed by atoms with Crippen molar-refractivity contribution in [3.63, 3.8) is 0 Å². The van der Waals surface area contributed by atoms with Gasteiger partial charge in [0.1, 0.15) is 5.15 Å². The van der Waals surface area contributed by atoms with Crippen molar-refractivity contribution in [3.05, 3.63) is 57.3 Å². The van der Waals surface area contributed by atoms with Crippen molar-refractivity contribution >= 4 is 40.5 Å². The molecule has 0 saturated heterocycles. The van der Waals surface area contributed by atoms with Gasteiger partial charge in [0, 0.05) is 16.6 Å². The number of nitrogens with one attached hydrogen (secondary N) is 1. The Kier molecular flexibility index (Phi) is 4.11. The van der Waals surface area contributed by atoms with Gasteiger partial charge in [0.25, 0.3) is 0 Å². The molecule has 2 rings (SSSR count). The lowest BCUT2D eigenvalue weighted by Crippen LogP contribution is -1.99. The highest BCUT2D eigenvalue weighted by molar-refractivity contribution is 6.34. The molecule has 0 bridgehead atoms. The van der Waals surface area contributed by atoms with Gasteiger partial charge >= 0.3 is 0 Å². The minimum absolute atomic E-state index is 0.473. The molecule has 2 aromatic rings. The number of anilines is 1. The van der Waals surface area contributed by atoms with Crippen LogP contribution in [0.3, 0.4) is 0 Å². The lowest BCUT2D eigenvalue weighted by molar-refractivity contribution is 1.14. The molecular formula is C12H9Cl3N2. The number of hydrogen-bond acceptors (Lipinski definition) is 2. The maximum atomic E-state index is 5.91. The first-order valence-corrected chi connectivity index (χ1v) is 6.07. The first-order valence-electron chi connectivity index (χ1n) is 4.94. The van der Waals surface area contributed by atoms with Crippen LogP contribution in [0.5, 0.6) is 0 Å². The normalized spacial score (nSPS) is 10.3. The fraction of sp³-hybridized carbons (Fsp3) is 0.0833. The maximum Gasteiger partial charge on any atom is 0.129 e. The average molecular weight is 288 g/mol. The third-order valence-electron chi connectivity index (χ3n) is 2.15. The number of halogens is 3. The predicted octanol–water partition coefficient (Wildman–Crippen LogP) is 4.65. The molecule has 1 heterocycles. The Morgan fingerprint density at radius 1 is 1.00 bits per heavy atom.